The summed E-state index contributed by atoms with van der Waals surface area (Å²) in [7, 11) is 0. The average molecular weight is 333 g/mol. The second kappa shape index (κ2) is 8.28. The molecule has 21 heavy (non-hydrogen) atoms. The summed E-state index contributed by atoms with van der Waals surface area (Å²) in [5.41, 5.74) is 5.07. The molecule has 0 saturated carbocycles. The average Bonchev–Trinajstić information content (AvgIpc) is 2.50. The van der Waals surface area contributed by atoms with Gasteiger partial charge in [0.05, 0.1) is 5.69 Å². The summed E-state index contributed by atoms with van der Waals surface area (Å²) < 4.78 is 17.5. The highest BCUT2D eigenvalue weighted by molar-refractivity contribution is 6.39. The summed E-state index contributed by atoms with van der Waals surface area (Å²) in [6.45, 7) is -0.701. The Kier molecular flexibility index (Phi) is 6.71. The fourth-order valence-corrected chi connectivity index (χ4v) is 1.50. The van der Waals surface area contributed by atoms with E-state index in [1.807, 2.05) is 36.4 Å². The quantitative estimate of drug-likeness (QED) is 0.842. The molecule has 0 saturated heterocycles. The minimum atomic E-state index is -1.25. The molecule has 2 rings (SSSR count). The van der Waals surface area contributed by atoms with E-state index in [1.165, 1.54) is 0 Å². The van der Waals surface area contributed by atoms with Crippen LogP contribution in [0.1, 0.15) is 0 Å². The first-order valence-electron chi connectivity index (χ1n) is 5.58. The van der Waals surface area contributed by atoms with E-state index in [9.17, 15) is 9.18 Å². The first kappa shape index (κ1) is 17.0. The van der Waals surface area contributed by atoms with Crippen LogP contribution in [0.25, 0.3) is 0 Å². The Morgan fingerprint density at radius 2 is 1.67 bits per heavy atom. The van der Waals surface area contributed by atoms with Gasteiger partial charge >= 0.3 is 5.97 Å². The maximum Gasteiger partial charge on any atom is 0.341 e. The van der Waals surface area contributed by atoms with Crippen LogP contribution in [-0.4, -0.2) is 22.7 Å². The fraction of sp³-hybridized carbons (Fsp3) is 0.0769. The summed E-state index contributed by atoms with van der Waals surface area (Å²) in [5.74, 6) is -2.72. The smallest absolute Gasteiger partial charge is 0.341 e. The van der Waals surface area contributed by atoms with Crippen molar-refractivity contribution in [2.24, 2.45) is 0 Å². The van der Waals surface area contributed by atoms with Crippen molar-refractivity contribution >= 4 is 34.9 Å². The lowest BCUT2D eigenvalue weighted by molar-refractivity contribution is -0.139. The van der Waals surface area contributed by atoms with Gasteiger partial charge in [0.25, 0.3) is 0 Å². The SMILES string of the molecule is Nc1c(Cl)c(F)nc(OCC(=O)O)c1Cl.c1ccccc1. The normalized spacial score (nSPS) is 9.48. The topological polar surface area (TPSA) is 85.4 Å². The monoisotopic (exact) mass is 332 g/mol. The summed E-state index contributed by atoms with van der Waals surface area (Å²) in [5, 5.41) is 7.66. The molecule has 5 nitrogen and oxygen atoms in total. The molecule has 0 unspecified atom stereocenters. The molecule has 1 aromatic heterocycles. The third kappa shape index (κ3) is 5.45. The number of anilines is 1. The predicted octanol–water partition coefficient (Wildman–Crippen LogP) is 3.26. The van der Waals surface area contributed by atoms with Crippen molar-refractivity contribution in [1.82, 2.24) is 4.98 Å². The fourth-order valence-electron chi connectivity index (χ4n) is 1.12. The Labute approximate surface area is 130 Å². The number of hydrogen-bond donors (Lipinski definition) is 2. The third-order valence-electron chi connectivity index (χ3n) is 2.04. The summed E-state index contributed by atoms with van der Waals surface area (Å²) in [6, 6.07) is 12.0. The Hall–Kier alpha value is -2.05. The van der Waals surface area contributed by atoms with Crippen molar-refractivity contribution in [3.05, 3.63) is 52.4 Å². The molecule has 0 fully saturated rings. The van der Waals surface area contributed by atoms with Crippen LogP contribution in [0.2, 0.25) is 10.0 Å². The van der Waals surface area contributed by atoms with Crippen molar-refractivity contribution in [2.45, 2.75) is 0 Å². The number of carboxylic acid groups (broad SMARTS) is 1. The molecule has 2 aromatic rings. The molecule has 0 bridgehead atoms. The van der Waals surface area contributed by atoms with Crippen molar-refractivity contribution in [3.63, 3.8) is 0 Å². The second-order valence-electron chi connectivity index (χ2n) is 3.59. The van der Waals surface area contributed by atoms with Gasteiger partial charge in [-0.05, 0) is 0 Å². The van der Waals surface area contributed by atoms with Crippen molar-refractivity contribution < 1.29 is 19.0 Å². The predicted molar refractivity (Wildman–Crippen MR) is 78.2 cm³/mol. The molecule has 1 aromatic carbocycles. The highest BCUT2D eigenvalue weighted by Crippen LogP contribution is 2.35. The Morgan fingerprint density at radius 1 is 1.19 bits per heavy atom. The molecule has 0 radical (unpaired) electrons. The number of aliphatic carboxylic acids is 1. The number of nitrogens with zero attached hydrogens (tertiary/aromatic N) is 1. The number of nitrogen functional groups attached to an aromatic ring is 1. The summed E-state index contributed by atoms with van der Waals surface area (Å²) >= 11 is 11.0. The standard InChI is InChI=1S/C7H5Cl2FN2O3.C6H6/c8-3-5(11)4(9)7(12-6(3)10)15-1-2(13)14;1-2-4-6-5-3-1/h1H2,(H2,11,12)(H,13,14);1-6H. The molecular formula is C13H11Cl2FN2O3. The van der Waals surface area contributed by atoms with E-state index in [0.717, 1.165) is 0 Å². The van der Waals surface area contributed by atoms with Crippen LogP contribution in [0.3, 0.4) is 0 Å². The van der Waals surface area contributed by atoms with E-state index in [1.54, 1.807) is 0 Å². The van der Waals surface area contributed by atoms with Crippen LogP contribution in [-0.2, 0) is 4.79 Å². The first-order chi connectivity index (χ1) is 9.93. The van der Waals surface area contributed by atoms with E-state index in [2.05, 4.69) is 9.72 Å². The molecule has 112 valence electrons. The van der Waals surface area contributed by atoms with E-state index in [4.69, 9.17) is 34.0 Å². The van der Waals surface area contributed by atoms with Crippen molar-refractivity contribution in [2.75, 3.05) is 12.3 Å². The highest BCUT2D eigenvalue weighted by atomic mass is 35.5. The minimum Gasteiger partial charge on any atom is -0.479 e. The van der Waals surface area contributed by atoms with Gasteiger partial charge < -0.3 is 15.6 Å². The number of ether oxygens (including phenoxy) is 1. The maximum absolute atomic E-state index is 12.9. The van der Waals surface area contributed by atoms with Crippen LogP contribution in [0.5, 0.6) is 5.88 Å². The van der Waals surface area contributed by atoms with Gasteiger partial charge in [-0.15, -0.1) is 0 Å². The van der Waals surface area contributed by atoms with Crippen molar-refractivity contribution in [3.8, 4) is 5.88 Å². The highest BCUT2D eigenvalue weighted by Gasteiger charge is 2.16. The molecule has 8 heteroatoms. The van der Waals surface area contributed by atoms with Gasteiger partial charge in [-0.1, -0.05) is 59.6 Å². The largest absolute Gasteiger partial charge is 0.479 e. The molecule has 0 amide bonds. The maximum atomic E-state index is 12.9. The molecule has 0 atom stereocenters. The summed E-state index contributed by atoms with van der Waals surface area (Å²) in [4.78, 5) is 13.4. The molecule has 0 aliphatic carbocycles. The number of carbonyl (C=O) groups is 1. The first-order valence-corrected chi connectivity index (χ1v) is 6.33. The Morgan fingerprint density at radius 3 is 2.10 bits per heavy atom. The second-order valence-corrected chi connectivity index (χ2v) is 4.34. The third-order valence-corrected chi connectivity index (χ3v) is 2.77. The van der Waals surface area contributed by atoms with Gasteiger partial charge in [-0.3, -0.25) is 0 Å². The van der Waals surface area contributed by atoms with E-state index >= 15 is 0 Å². The van der Waals surface area contributed by atoms with E-state index in [0.29, 0.717) is 0 Å². The number of nitrogens with two attached hydrogens (primary N) is 1. The van der Waals surface area contributed by atoms with Crippen molar-refractivity contribution in [1.29, 1.82) is 0 Å². The zero-order valence-corrected chi connectivity index (χ0v) is 12.1. The molecule has 0 aliphatic heterocycles. The number of carboxylic acids is 1. The van der Waals surface area contributed by atoms with Crippen LogP contribution in [0, 0.1) is 5.95 Å². The molecule has 3 N–H and O–H groups in total. The van der Waals surface area contributed by atoms with Gasteiger partial charge in [0, 0.05) is 0 Å². The number of rotatable bonds is 3. The van der Waals surface area contributed by atoms with Crippen LogP contribution >= 0.6 is 23.2 Å². The zero-order valence-electron chi connectivity index (χ0n) is 10.6. The number of pyridine rings is 1. The molecule has 0 aliphatic rings. The van der Waals surface area contributed by atoms with Gasteiger partial charge in [0.15, 0.2) is 6.61 Å². The molecule has 1 heterocycles. The minimum absolute atomic E-state index is 0.220. The molecule has 0 spiro atoms. The van der Waals surface area contributed by atoms with Gasteiger partial charge in [0.1, 0.15) is 10.0 Å². The van der Waals surface area contributed by atoms with Gasteiger partial charge in [0.2, 0.25) is 11.8 Å². The van der Waals surface area contributed by atoms with Crippen LogP contribution in [0.4, 0.5) is 10.1 Å². The Balaban J connectivity index is 0.000000304. The van der Waals surface area contributed by atoms with E-state index in [-0.39, 0.29) is 10.7 Å². The lowest BCUT2D eigenvalue weighted by Gasteiger charge is -2.07. The summed E-state index contributed by atoms with van der Waals surface area (Å²) in [6.07, 6.45) is 0. The van der Waals surface area contributed by atoms with Gasteiger partial charge in [-0.2, -0.15) is 9.37 Å². The lowest BCUT2D eigenvalue weighted by atomic mass is 10.4. The van der Waals surface area contributed by atoms with Crippen LogP contribution < -0.4 is 10.5 Å². The van der Waals surface area contributed by atoms with Crippen LogP contribution in [0.15, 0.2) is 36.4 Å². The number of aromatic nitrogens is 1. The van der Waals surface area contributed by atoms with Gasteiger partial charge in [-0.25, -0.2) is 4.79 Å². The lowest BCUT2D eigenvalue weighted by Crippen LogP contribution is -2.11. The number of benzene rings is 1. The zero-order chi connectivity index (χ0) is 15.8. The number of halogens is 3. The number of hydrogen-bond acceptors (Lipinski definition) is 4. The van der Waals surface area contributed by atoms with E-state index < -0.39 is 29.4 Å². The Bertz CT molecular complexity index is 585. The molecular weight excluding hydrogens is 322 g/mol.